The Kier molecular flexibility index (Phi) is 6.18. The van der Waals surface area contributed by atoms with Crippen molar-refractivity contribution in [2.75, 3.05) is 13.2 Å². The number of carbonyl (C=O) groups excluding carboxylic acids is 1. The molecule has 4 aromatic heterocycles. The largest absolute Gasteiger partial charge is 0.463 e. The van der Waals surface area contributed by atoms with Crippen LogP contribution in [0.5, 0.6) is 0 Å². The molecule has 0 aromatic carbocycles. The first-order valence-corrected chi connectivity index (χ1v) is 11.5. The van der Waals surface area contributed by atoms with Crippen LogP contribution in [-0.4, -0.2) is 48.5 Å². The van der Waals surface area contributed by atoms with Gasteiger partial charge in [-0.25, -0.2) is 19.0 Å². The molecule has 1 fully saturated rings. The van der Waals surface area contributed by atoms with Crippen LogP contribution in [0.15, 0.2) is 48.9 Å². The van der Waals surface area contributed by atoms with Crippen LogP contribution in [0.3, 0.4) is 0 Å². The van der Waals surface area contributed by atoms with Crippen molar-refractivity contribution in [2.24, 2.45) is 0 Å². The lowest BCUT2D eigenvalue weighted by Gasteiger charge is -2.25. The van der Waals surface area contributed by atoms with Gasteiger partial charge < -0.3 is 9.47 Å². The summed E-state index contributed by atoms with van der Waals surface area (Å²) in [5.74, 6) is -0.419. The molecule has 0 aliphatic carbocycles. The van der Waals surface area contributed by atoms with Gasteiger partial charge in [0.05, 0.1) is 29.9 Å². The van der Waals surface area contributed by atoms with Crippen molar-refractivity contribution in [1.82, 2.24) is 29.4 Å². The molecule has 0 amide bonds. The zero-order valence-electron chi connectivity index (χ0n) is 19.2. The standard InChI is InChI=1S/C25H26N6O3/c1-3-33-24(32)13-11-21-18(10-12-22-26-16-28-30(21)22)19-15-27-31(23-9-4-5-14-34-23)25(19)20-8-6-7-17(2)29-20/h6-8,10-13,15-16,23H,3-5,9,14H2,1-2H3/b13-11+. The van der Waals surface area contributed by atoms with Crippen molar-refractivity contribution in [3.8, 4) is 22.5 Å². The molecule has 174 valence electrons. The lowest BCUT2D eigenvalue weighted by atomic mass is 10.0. The molecular weight excluding hydrogens is 432 g/mol. The van der Waals surface area contributed by atoms with Crippen LogP contribution in [-0.2, 0) is 14.3 Å². The molecule has 9 heteroatoms. The van der Waals surface area contributed by atoms with E-state index in [1.807, 2.05) is 48.1 Å². The molecule has 1 saturated heterocycles. The molecule has 1 aliphatic rings. The molecule has 0 bridgehead atoms. The van der Waals surface area contributed by atoms with Crippen LogP contribution in [0.1, 0.15) is 43.8 Å². The highest BCUT2D eigenvalue weighted by Crippen LogP contribution is 2.37. The van der Waals surface area contributed by atoms with Gasteiger partial charge in [-0.2, -0.15) is 10.2 Å². The minimum Gasteiger partial charge on any atom is -0.463 e. The van der Waals surface area contributed by atoms with Crippen LogP contribution in [0.2, 0.25) is 0 Å². The van der Waals surface area contributed by atoms with E-state index in [4.69, 9.17) is 19.6 Å². The number of rotatable bonds is 6. The maximum Gasteiger partial charge on any atom is 0.330 e. The summed E-state index contributed by atoms with van der Waals surface area (Å²) >= 11 is 0. The molecule has 9 nitrogen and oxygen atoms in total. The van der Waals surface area contributed by atoms with E-state index in [2.05, 4.69) is 10.1 Å². The Balaban J connectivity index is 1.71. The number of fused-ring (bicyclic) bond motifs is 1. The first-order chi connectivity index (χ1) is 16.7. The Morgan fingerprint density at radius 3 is 2.91 bits per heavy atom. The Hall–Kier alpha value is -3.85. The molecule has 34 heavy (non-hydrogen) atoms. The van der Waals surface area contributed by atoms with E-state index in [0.717, 1.165) is 47.5 Å². The second-order valence-electron chi connectivity index (χ2n) is 8.08. The van der Waals surface area contributed by atoms with Gasteiger partial charge in [0, 0.05) is 29.5 Å². The van der Waals surface area contributed by atoms with E-state index < -0.39 is 5.97 Å². The van der Waals surface area contributed by atoms with Gasteiger partial charge in [-0.15, -0.1) is 0 Å². The fourth-order valence-corrected chi connectivity index (χ4v) is 4.26. The van der Waals surface area contributed by atoms with Crippen LogP contribution in [0.4, 0.5) is 0 Å². The van der Waals surface area contributed by atoms with E-state index in [1.54, 1.807) is 17.5 Å². The average molecular weight is 459 g/mol. The number of carbonyl (C=O) groups is 1. The molecule has 0 N–H and O–H groups in total. The van der Waals surface area contributed by atoms with Crippen molar-refractivity contribution in [3.63, 3.8) is 0 Å². The number of esters is 1. The molecule has 0 radical (unpaired) electrons. The molecular formula is C25H26N6O3. The van der Waals surface area contributed by atoms with Crippen molar-refractivity contribution in [3.05, 3.63) is 60.3 Å². The highest BCUT2D eigenvalue weighted by molar-refractivity contribution is 5.90. The van der Waals surface area contributed by atoms with Gasteiger partial charge in [-0.05, 0) is 63.5 Å². The predicted octanol–water partition coefficient (Wildman–Crippen LogP) is 4.24. The maximum atomic E-state index is 12.1. The second kappa shape index (κ2) is 9.56. The van der Waals surface area contributed by atoms with Gasteiger partial charge in [0.15, 0.2) is 11.9 Å². The fourth-order valence-electron chi connectivity index (χ4n) is 4.26. The van der Waals surface area contributed by atoms with Gasteiger partial charge >= 0.3 is 5.97 Å². The zero-order valence-corrected chi connectivity index (χ0v) is 19.2. The highest BCUT2D eigenvalue weighted by Gasteiger charge is 2.25. The highest BCUT2D eigenvalue weighted by atomic mass is 16.5. The van der Waals surface area contributed by atoms with Gasteiger partial charge in [0.25, 0.3) is 0 Å². The van der Waals surface area contributed by atoms with Crippen molar-refractivity contribution in [1.29, 1.82) is 0 Å². The summed E-state index contributed by atoms with van der Waals surface area (Å²) < 4.78 is 14.8. The molecule has 0 spiro atoms. The minimum atomic E-state index is -0.419. The minimum absolute atomic E-state index is 0.159. The zero-order chi connectivity index (χ0) is 23.5. The van der Waals surface area contributed by atoms with Gasteiger partial charge in [0.1, 0.15) is 6.33 Å². The molecule has 4 aromatic rings. The Morgan fingerprint density at radius 1 is 1.21 bits per heavy atom. The number of aryl methyl sites for hydroxylation is 1. The number of hydrogen-bond donors (Lipinski definition) is 0. The average Bonchev–Trinajstić information content (AvgIpc) is 3.51. The van der Waals surface area contributed by atoms with Gasteiger partial charge in [0.2, 0.25) is 0 Å². The Bertz CT molecular complexity index is 1350. The number of nitrogens with zero attached hydrogens (tertiary/aromatic N) is 6. The number of ether oxygens (including phenoxy) is 2. The maximum absolute atomic E-state index is 12.1. The SMILES string of the molecule is CCOC(=O)/C=C/c1c(-c2cnn(C3CCCCO3)c2-c2cccc(C)n2)ccc2ncnn12. The second-order valence-corrected chi connectivity index (χ2v) is 8.08. The monoisotopic (exact) mass is 458 g/mol. The topological polar surface area (TPSA) is 96.4 Å². The Morgan fingerprint density at radius 2 is 2.12 bits per heavy atom. The lowest BCUT2D eigenvalue weighted by molar-refractivity contribution is -0.137. The van der Waals surface area contributed by atoms with Crippen LogP contribution >= 0.6 is 0 Å². The van der Waals surface area contributed by atoms with Crippen molar-refractivity contribution < 1.29 is 14.3 Å². The van der Waals surface area contributed by atoms with E-state index in [1.165, 1.54) is 12.4 Å². The summed E-state index contributed by atoms with van der Waals surface area (Å²) in [7, 11) is 0. The number of hydrogen-bond acceptors (Lipinski definition) is 7. The predicted molar refractivity (Wildman–Crippen MR) is 127 cm³/mol. The Labute approximate surface area is 197 Å². The quantitative estimate of drug-likeness (QED) is 0.315. The molecule has 1 aliphatic heterocycles. The van der Waals surface area contributed by atoms with Crippen LogP contribution < -0.4 is 0 Å². The number of pyridine rings is 2. The van der Waals surface area contributed by atoms with Crippen LogP contribution in [0.25, 0.3) is 34.2 Å². The molecule has 5 rings (SSSR count). The lowest BCUT2D eigenvalue weighted by Crippen LogP contribution is -2.20. The van der Waals surface area contributed by atoms with Crippen LogP contribution in [0, 0.1) is 6.92 Å². The fraction of sp³-hybridized carbons (Fsp3) is 0.320. The summed E-state index contributed by atoms with van der Waals surface area (Å²) in [5.41, 5.74) is 5.66. The first kappa shape index (κ1) is 22.0. The summed E-state index contributed by atoms with van der Waals surface area (Å²) in [6, 6.07) is 9.80. The third kappa shape index (κ3) is 4.22. The van der Waals surface area contributed by atoms with E-state index >= 15 is 0 Å². The molecule has 0 saturated carbocycles. The third-order valence-electron chi connectivity index (χ3n) is 5.79. The first-order valence-electron chi connectivity index (χ1n) is 11.5. The molecule has 1 unspecified atom stereocenters. The number of aromatic nitrogens is 6. The van der Waals surface area contributed by atoms with E-state index in [9.17, 15) is 4.79 Å². The summed E-state index contributed by atoms with van der Waals surface area (Å²) in [5, 5.41) is 9.12. The van der Waals surface area contributed by atoms with E-state index in [-0.39, 0.29) is 6.23 Å². The molecule has 5 heterocycles. The van der Waals surface area contributed by atoms with Gasteiger partial charge in [-0.3, -0.25) is 4.98 Å². The summed E-state index contributed by atoms with van der Waals surface area (Å²) in [6.07, 6.45) is 9.29. The normalized spacial score (nSPS) is 16.4. The summed E-state index contributed by atoms with van der Waals surface area (Å²) in [4.78, 5) is 21.2. The molecule has 1 atom stereocenters. The van der Waals surface area contributed by atoms with Crippen molar-refractivity contribution in [2.45, 2.75) is 39.3 Å². The van der Waals surface area contributed by atoms with E-state index in [0.29, 0.717) is 24.6 Å². The van der Waals surface area contributed by atoms with Gasteiger partial charge in [-0.1, -0.05) is 6.07 Å². The van der Waals surface area contributed by atoms with Crippen molar-refractivity contribution >= 4 is 17.7 Å². The third-order valence-corrected chi connectivity index (χ3v) is 5.79. The summed E-state index contributed by atoms with van der Waals surface area (Å²) in [6.45, 7) is 4.76. The smallest absolute Gasteiger partial charge is 0.330 e.